The molecule has 1 fully saturated rings. The lowest BCUT2D eigenvalue weighted by Gasteiger charge is -2.32. The molecule has 1 aliphatic heterocycles. The summed E-state index contributed by atoms with van der Waals surface area (Å²) in [6, 6.07) is 8.57. The van der Waals surface area contributed by atoms with Gasteiger partial charge in [-0.1, -0.05) is 21.6 Å². The number of hydrogen-bond donors (Lipinski definition) is 1. The second kappa shape index (κ2) is 6.88. The van der Waals surface area contributed by atoms with Crippen LogP contribution in [0.2, 0.25) is 0 Å². The zero-order chi connectivity index (χ0) is 18.1. The Labute approximate surface area is 154 Å². The van der Waals surface area contributed by atoms with Gasteiger partial charge in [0.05, 0.1) is 6.54 Å². The van der Waals surface area contributed by atoms with Gasteiger partial charge in [-0.25, -0.2) is 9.78 Å². The van der Waals surface area contributed by atoms with Crippen LogP contribution < -0.4 is 5.69 Å². The fraction of sp³-hybridized carbons (Fsp3) is 0.312. The van der Waals surface area contributed by atoms with Gasteiger partial charge in [0.25, 0.3) is 0 Å². The van der Waals surface area contributed by atoms with Gasteiger partial charge in [0.1, 0.15) is 5.82 Å². The molecule has 1 saturated heterocycles. The van der Waals surface area contributed by atoms with Crippen LogP contribution in [0, 0.1) is 0 Å². The van der Waals surface area contributed by atoms with Crippen LogP contribution in [0.1, 0.15) is 24.6 Å². The second-order valence-electron chi connectivity index (χ2n) is 6.05. The fourth-order valence-electron chi connectivity index (χ4n) is 3.08. The van der Waals surface area contributed by atoms with Crippen molar-refractivity contribution < 1.29 is 8.76 Å². The third kappa shape index (κ3) is 3.16. The molecular weight excluding hydrogens is 374 g/mol. The summed E-state index contributed by atoms with van der Waals surface area (Å²) in [6.07, 6.45) is 3.07. The van der Waals surface area contributed by atoms with Gasteiger partial charge >= 0.3 is 5.69 Å². The number of H-pyrrole nitrogens is 1. The van der Waals surface area contributed by atoms with Gasteiger partial charge in [-0.3, -0.25) is 4.98 Å². The summed E-state index contributed by atoms with van der Waals surface area (Å²) in [5.41, 5.74) is -0.378. The molecule has 0 amide bonds. The van der Waals surface area contributed by atoms with Crippen LogP contribution >= 0.6 is 11.3 Å². The van der Waals surface area contributed by atoms with Crippen LogP contribution in [0.5, 0.6) is 0 Å². The number of thiophene rings is 1. The molecule has 4 rings (SSSR count). The monoisotopic (exact) mass is 391 g/mol. The number of sulfonamides is 1. The predicted molar refractivity (Wildman–Crippen MR) is 96.9 cm³/mol. The van der Waals surface area contributed by atoms with Gasteiger partial charge in [0.15, 0.2) is 16.2 Å². The molecule has 0 saturated carbocycles. The molecule has 1 aliphatic rings. The van der Waals surface area contributed by atoms with E-state index in [0.29, 0.717) is 35.4 Å². The second-order valence-corrected chi connectivity index (χ2v) is 9.16. The highest BCUT2D eigenvalue weighted by molar-refractivity contribution is 7.97. The largest absolute Gasteiger partial charge is 0.592 e. The molecule has 3 aromatic rings. The van der Waals surface area contributed by atoms with Crippen LogP contribution in [-0.2, 0) is 14.6 Å². The maximum absolute atomic E-state index is 12.7. The highest BCUT2D eigenvalue weighted by Gasteiger charge is 2.37. The van der Waals surface area contributed by atoms with Crippen molar-refractivity contribution in [3.8, 4) is 5.82 Å². The first kappa shape index (κ1) is 17.3. The SMILES string of the molecule is O=c1[nH]c(C2CCCN([S+](=O)([O-])c3cccs3)C2)nn1-c1ccccn1. The van der Waals surface area contributed by atoms with E-state index in [1.807, 2.05) is 0 Å². The molecule has 136 valence electrons. The Bertz CT molecular complexity index is 983. The Morgan fingerprint density at radius 2 is 2.19 bits per heavy atom. The van der Waals surface area contributed by atoms with E-state index in [2.05, 4.69) is 15.1 Å². The summed E-state index contributed by atoms with van der Waals surface area (Å²) < 4.78 is 28.5. The first-order valence-corrected chi connectivity index (χ1v) is 10.5. The minimum absolute atomic E-state index is 0.156. The van der Waals surface area contributed by atoms with Crippen LogP contribution in [-0.4, -0.2) is 41.7 Å². The van der Waals surface area contributed by atoms with E-state index < -0.39 is 10.4 Å². The summed E-state index contributed by atoms with van der Waals surface area (Å²) in [7, 11) is -3.50. The molecule has 26 heavy (non-hydrogen) atoms. The van der Waals surface area contributed by atoms with Crippen molar-refractivity contribution in [1.82, 2.24) is 24.1 Å². The van der Waals surface area contributed by atoms with Gasteiger partial charge in [-0.05, 0) is 36.4 Å². The summed E-state index contributed by atoms with van der Waals surface area (Å²) in [5, 5.41) is 6.10. The van der Waals surface area contributed by atoms with Crippen molar-refractivity contribution in [3.05, 3.63) is 58.2 Å². The number of nitrogens with one attached hydrogen (secondary N) is 1. The minimum atomic E-state index is -3.50. The van der Waals surface area contributed by atoms with Crippen LogP contribution in [0.4, 0.5) is 0 Å². The first-order chi connectivity index (χ1) is 12.6. The van der Waals surface area contributed by atoms with E-state index >= 15 is 0 Å². The summed E-state index contributed by atoms with van der Waals surface area (Å²) >= 11 is 1.21. The van der Waals surface area contributed by atoms with Gasteiger partial charge in [-0.15, -0.1) is 9.40 Å². The smallest absolute Gasteiger partial charge is 0.349 e. The molecule has 2 unspecified atom stereocenters. The van der Waals surface area contributed by atoms with Crippen LogP contribution in [0.3, 0.4) is 0 Å². The number of pyridine rings is 1. The molecule has 0 aliphatic carbocycles. The third-order valence-electron chi connectivity index (χ3n) is 4.36. The Kier molecular flexibility index (Phi) is 4.57. The van der Waals surface area contributed by atoms with Crippen molar-refractivity contribution in [2.45, 2.75) is 23.0 Å². The molecule has 3 aromatic heterocycles. The molecule has 8 nitrogen and oxygen atoms in total. The summed E-state index contributed by atoms with van der Waals surface area (Å²) in [5.74, 6) is 0.766. The first-order valence-electron chi connectivity index (χ1n) is 8.20. The van der Waals surface area contributed by atoms with E-state index in [1.165, 1.54) is 20.3 Å². The standard InChI is InChI=1S/C16H17N5O3S2/c22-16-18-15(19-21(16)13-6-1-2-8-17-13)12-5-3-9-20(11-12)26(23,24)14-7-4-10-25-14/h1-2,4,6-8,10,12H,3,5,9,11H2,(H-,18,19,22,23,24). The minimum Gasteiger partial charge on any atom is -0.592 e. The molecule has 1 N–H and O–H groups in total. The summed E-state index contributed by atoms with van der Waals surface area (Å²) in [6.45, 7) is 0.775. The zero-order valence-electron chi connectivity index (χ0n) is 13.8. The highest BCUT2D eigenvalue weighted by Crippen LogP contribution is 2.32. The Hall–Kier alpha value is -2.14. The topological polar surface area (TPSA) is 107 Å². The van der Waals surface area contributed by atoms with Gasteiger partial charge in [0, 0.05) is 24.7 Å². The van der Waals surface area contributed by atoms with Crippen molar-refractivity contribution in [1.29, 1.82) is 0 Å². The van der Waals surface area contributed by atoms with Gasteiger partial charge in [0.2, 0.25) is 4.21 Å². The van der Waals surface area contributed by atoms with E-state index in [0.717, 1.165) is 6.42 Å². The number of nitrogens with zero attached hydrogens (tertiary/aromatic N) is 4. The predicted octanol–water partition coefficient (Wildman–Crippen LogP) is 1.80. The molecular formula is C16H17N5O3S2. The van der Waals surface area contributed by atoms with Crippen LogP contribution in [0.25, 0.3) is 5.82 Å². The fourth-order valence-corrected chi connectivity index (χ4v) is 5.75. The lowest BCUT2D eigenvalue weighted by Crippen LogP contribution is -2.42. The van der Waals surface area contributed by atoms with Crippen molar-refractivity contribution >= 4 is 21.7 Å². The van der Waals surface area contributed by atoms with Crippen molar-refractivity contribution in [2.24, 2.45) is 0 Å². The molecule has 10 heteroatoms. The van der Waals surface area contributed by atoms with Crippen molar-refractivity contribution in [2.75, 3.05) is 13.1 Å². The normalized spacial score (nSPS) is 20.7. The Balaban J connectivity index is 1.59. The Morgan fingerprint density at radius 3 is 2.92 bits per heavy atom. The number of rotatable bonds is 4. The van der Waals surface area contributed by atoms with E-state index in [9.17, 15) is 13.6 Å². The molecule has 4 heterocycles. The van der Waals surface area contributed by atoms with Gasteiger partial charge in [-0.2, -0.15) is 4.68 Å². The average molecular weight is 391 g/mol. The van der Waals surface area contributed by atoms with Gasteiger partial charge < -0.3 is 4.55 Å². The number of aromatic nitrogens is 4. The molecule has 0 radical (unpaired) electrons. The average Bonchev–Trinajstić information content (AvgIpc) is 3.33. The zero-order valence-corrected chi connectivity index (χ0v) is 15.4. The third-order valence-corrected chi connectivity index (χ3v) is 7.60. The summed E-state index contributed by atoms with van der Waals surface area (Å²) in [4.78, 5) is 19.1. The van der Waals surface area contributed by atoms with Crippen LogP contribution in [0.15, 0.2) is 50.9 Å². The maximum Gasteiger partial charge on any atom is 0.349 e. The number of aromatic amines is 1. The number of piperidine rings is 1. The van der Waals surface area contributed by atoms with E-state index in [4.69, 9.17) is 0 Å². The van der Waals surface area contributed by atoms with E-state index in [1.54, 1.807) is 41.9 Å². The number of hydrogen-bond acceptors (Lipinski definition) is 6. The highest BCUT2D eigenvalue weighted by atomic mass is 32.3. The maximum atomic E-state index is 12.7. The lowest BCUT2D eigenvalue weighted by molar-refractivity contribution is 0.284. The molecule has 2 atom stereocenters. The molecule has 0 aromatic carbocycles. The Morgan fingerprint density at radius 1 is 1.31 bits per heavy atom. The molecule has 0 spiro atoms. The van der Waals surface area contributed by atoms with E-state index in [-0.39, 0.29) is 11.6 Å². The quantitative estimate of drug-likeness (QED) is 0.683. The lowest BCUT2D eigenvalue weighted by atomic mass is 9.99. The van der Waals surface area contributed by atoms with Crippen molar-refractivity contribution in [3.63, 3.8) is 0 Å². The molecule has 0 bridgehead atoms.